The van der Waals surface area contributed by atoms with Gasteiger partial charge in [0.25, 0.3) is 0 Å². The normalized spacial score (nSPS) is 13.6. The SMILES string of the molecule is CC(C)CN(CC(C)C)CC(O)c1cccnc1. The Balaban J connectivity index is 2.59. The molecule has 0 radical (unpaired) electrons. The highest BCUT2D eigenvalue weighted by Gasteiger charge is 2.15. The Morgan fingerprint density at radius 3 is 2.17 bits per heavy atom. The molecule has 0 aliphatic carbocycles. The zero-order chi connectivity index (χ0) is 13.5. The van der Waals surface area contributed by atoms with E-state index in [-0.39, 0.29) is 0 Å². The highest BCUT2D eigenvalue weighted by atomic mass is 16.3. The molecule has 3 nitrogen and oxygen atoms in total. The second-order valence-corrected chi connectivity index (χ2v) is 5.81. The fourth-order valence-electron chi connectivity index (χ4n) is 2.18. The molecule has 1 rings (SSSR count). The van der Waals surface area contributed by atoms with Gasteiger partial charge < -0.3 is 5.11 Å². The average Bonchev–Trinajstić information content (AvgIpc) is 2.28. The van der Waals surface area contributed by atoms with Crippen LogP contribution in [0.1, 0.15) is 39.4 Å². The van der Waals surface area contributed by atoms with Gasteiger partial charge in [0.2, 0.25) is 0 Å². The fourth-order valence-corrected chi connectivity index (χ4v) is 2.18. The minimum Gasteiger partial charge on any atom is -0.387 e. The van der Waals surface area contributed by atoms with Gasteiger partial charge in [0.05, 0.1) is 6.10 Å². The lowest BCUT2D eigenvalue weighted by Gasteiger charge is -2.28. The maximum atomic E-state index is 10.2. The van der Waals surface area contributed by atoms with Gasteiger partial charge in [-0.1, -0.05) is 33.8 Å². The van der Waals surface area contributed by atoms with Crippen molar-refractivity contribution in [2.45, 2.75) is 33.8 Å². The van der Waals surface area contributed by atoms with Crippen molar-refractivity contribution < 1.29 is 5.11 Å². The maximum absolute atomic E-state index is 10.2. The molecule has 0 saturated carbocycles. The molecule has 0 bridgehead atoms. The van der Waals surface area contributed by atoms with Crippen LogP contribution in [0.25, 0.3) is 0 Å². The molecule has 1 N–H and O–H groups in total. The van der Waals surface area contributed by atoms with Gasteiger partial charge in [-0.3, -0.25) is 9.88 Å². The van der Waals surface area contributed by atoms with Gasteiger partial charge in [-0.05, 0) is 17.9 Å². The Hall–Kier alpha value is -0.930. The van der Waals surface area contributed by atoms with Crippen molar-refractivity contribution in [3.05, 3.63) is 30.1 Å². The van der Waals surface area contributed by atoms with Crippen molar-refractivity contribution in [1.82, 2.24) is 9.88 Å². The zero-order valence-corrected chi connectivity index (χ0v) is 12.0. The lowest BCUT2D eigenvalue weighted by atomic mass is 10.1. The molecule has 1 atom stereocenters. The van der Waals surface area contributed by atoms with Gasteiger partial charge >= 0.3 is 0 Å². The van der Waals surface area contributed by atoms with Crippen molar-refractivity contribution in [1.29, 1.82) is 0 Å². The van der Waals surface area contributed by atoms with Crippen molar-refractivity contribution >= 4 is 0 Å². The molecule has 1 heterocycles. The van der Waals surface area contributed by atoms with Crippen LogP contribution in [-0.4, -0.2) is 34.6 Å². The van der Waals surface area contributed by atoms with Crippen LogP contribution in [0.2, 0.25) is 0 Å². The van der Waals surface area contributed by atoms with Gasteiger partial charge in [0.15, 0.2) is 0 Å². The molecule has 0 aliphatic heterocycles. The summed E-state index contributed by atoms with van der Waals surface area (Å²) in [4.78, 5) is 6.40. The van der Waals surface area contributed by atoms with E-state index in [1.165, 1.54) is 0 Å². The van der Waals surface area contributed by atoms with Crippen molar-refractivity contribution in [3.8, 4) is 0 Å². The summed E-state index contributed by atoms with van der Waals surface area (Å²) in [6.07, 6.45) is 3.03. The number of aliphatic hydroxyl groups is 1. The number of pyridine rings is 1. The number of hydrogen-bond acceptors (Lipinski definition) is 3. The highest BCUT2D eigenvalue weighted by molar-refractivity contribution is 5.12. The minimum absolute atomic E-state index is 0.448. The summed E-state index contributed by atoms with van der Waals surface area (Å²) in [5, 5.41) is 10.2. The molecule has 1 aromatic heterocycles. The summed E-state index contributed by atoms with van der Waals surface area (Å²) in [5.74, 6) is 1.23. The van der Waals surface area contributed by atoms with Crippen LogP contribution in [0.5, 0.6) is 0 Å². The van der Waals surface area contributed by atoms with Crippen LogP contribution in [0, 0.1) is 11.8 Å². The van der Waals surface area contributed by atoms with Gasteiger partial charge in [-0.25, -0.2) is 0 Å². The zero-order valence-electron chi connectivity index (χ0n) is 12.0. The quantitative estimate of drug-likeness (QED) is 0.808. The molecule has 18 heavy (non-hydrogen) atoms. The predicted octanol–water partition coefficient (Wildman–Crippen LogP) is 2.73. The second-order valence-electron chi connectivity index (χ2n) is 5.81. The first-order valence-electron chi connectivity index (χ1n) is 6.79. The largest absolute Gasteiger partial charge is 0.387 e. The van der Waals surface area contributed by atoms with Crippen molar-refractivity contribution in [2.75, 3.05) is 19.6 Å². The van der Waals surface area contributed by atoms with Crippen LogP contribution in [0.3, 0.4) is 0 Å². The minimum atomic E-state index is -0.448. The monoisotopic (exact) mass is 250 g/mol. The summed E-state index contributed by atoms with van der Waals surface area (Å²) in [7, 11) is 0. The van der Waals surface area contributed by atoms with Gasteiger partial charge in [-0.2, -0.15) is 0 Å². The Kier molecular flexibility index (Phi) is 6.30. The Bertz CT molecular complexity index is 315. The molecule has 0 amide bonds. The Labute approximate surface area is 111 Å². The molecule has 0 spiro atoms. The van der Waals surface area contributed by atoms with E-state index in [1.54, 1.807) is 12.4 Å². The van der Waals surface area contributed by atoms with E-state index < -0.39 is 6.10 Å². The summed E-state index contributed by atoms with van der Waals surface area (Å²) < 4.78 is 0. The second kappa shape index (κ2) is 7.49. The van der Waals surface area contributed by atoms with Crippen LogP contribution in [0.4, 0.5) is 0 Å². The fraction of sp³-hybridized carbons (Fsp3) is 0.667. The van der Waals surface area contributed by atoms with Gasteiger partial charge in [0.1, 0.15) is 0 Å². The smallest absolute Gasteiger partial charge is 0.0931 e. The van der Waals surface area contributed by atoms with E-state index in [9.17, 15) is 5.11 Å². The van der Waals surface area contributed by atoms with Crippen LogP contribution in [-0.2, 0) is 0 Å². The van der Waals surface area contributed by atoms with Crippen molar-refractivity contribution in [3.63, 3.8) is 0 Å². The lowest BCUT2D eigenvalue weighted by molar-refractivity contribution is 0.0985. The van der Waals surface area contributed by atoms with E-state index in [0.29, 0.717) is 18.4 Å². The maximum Gasteiger partial charge on any atom is 0.0931 e. The van der Waals surface area contributed by atoms with E-state index in [4.69, 9.17) is 0 Å². The molecule has 3 heteroatoms. The predicted molar refractivity (Wildman–Crippen MR) is 75.3 cm³/mol. The topological polar surface area (TPSA) is 36.4 Å². The molecule has 0 aromatic carbocycles. The Morgan fingerprint density at radius 2 is 1.72 bits per heavy atom. The molecule has 0 aliphatic rings. The summed E-state index contributed by atoms with van der Waals surface area (Å²) >= 11 is 0. The number of rotatable bonds is 7. The van der Waals surface area contributed by atoms with E-state index in [0.717, 1.165) is 18.7 Å². The summed E-state index contributed by atoms with van der Waals surface area (Å²) in [5.41, 5.74) is 0.898. The Morgan fingerprint density at radius 1 is 1.11 bits per heavy atom. The molecular weight excluding hydrogens is 224 g/mol. The molecule has 1 unspecified atom stereocenters. The third-order valence-corrected chi connectivity index (χ3v) is 2.75. The first-order chi connectivity index (χ1) is 8.49. The van der Waals surface area contributed by atoms with E-state index >= 15 is 0 Å². The summed E-state index contributed by atoms with van der Waals surface area (Å²) in [6.45, 7) is 11.6. The van der Waals surface area contributed by atoms with Crippen LogP contribution in [0.15, 0.2) is 24.5 Å². The van der Waals surface area contributed by atoms with E-state index in [1.807, 2.05) is 12.1 Å². The highest BCUT2D eigenvalue weighted by Crippen LogP contribution is 2.14. The molecule has 1 aromatic rings. The number of aliphatic hydroxyl groups excluding tert-OH is 1. The third kappa shape index (κ3) is 5.61. The lowest BCUT2D eigenvalue weighted by Crippen LogP contribution is -2.35. The van der Waals surface area contributed by atoms with E-state index in [2.05, 4.69) is 37.6 Å². The van der Waals surface area contributed by atoms with Crippen LogP contribution < -0.4 is 0 Å². The first-order valence-corrected chi connectivity index (χ1v) is 6.79. The number of hydrogen-bond donors (Lipinski definition) is 1. The van der Waals surface area contributed by atoms with Gasteiger partial charge in [-0.15, -0.1) is 0 Å². The molecule has 102 valence electrons. The van der Waals surface area contributed by atoms with Crippen LogP contribution >= 0.6 is 0 Å². The molecule has 0 fully saturated rings. The average molecular weight is 250 g/mol. The molecular formula is C15H26N2O. The third-order valence-electron chi connectivity index (χ3n) is 2.75. The van der Waals surface area contributed by atoms with Gasteiger partial charge in [0, 0.05) is 37.6 Å². The summed E-state index contributed by atoms with van der Waals surface area (Å²) in [6, 6.07) is 3.80. The molecule has 0 saturated heterocycles. The standard InChI is InChI=1S/C15H26N2O/c1-12(2)9-17(10-13(3)4)11-15(18)14-6-5-7-16-8-14/h5-8,12-13,15,18H,9-11H2,1-4H3. The number of aromatic nitrogens is 1. The number of nitrogens with zero attached hydrogens (tertiary/aromatic N) is 2. The van der Waals surface area contributed by atoms with Crippen molar-refractivity contribution in [2.24, 2.45) is 11.8 Å². The first kappa shape index (κ1) is 15.1.